The van der Waals surface area contributed by atoms with Gasteiger partial charge in [0.05, 0.1) is 6.04 Å². The summed E-state index contributed by atoms with van der Waals surface area (Å²) in [7, 11) is 0. The second-order valence-electron chi connectivity index (χ2n) is 6.82. The minimum absolute atomic E-state index is 0.0255. The van der Waals surface area contributed by atoms with Crippen LogP contribution in [0.1, 0.15) is 18.4 Å². The number of amides is 3. The topological polar surface area (TPSA) is 180 Å². The third-order valence-electron chi connectivity index (χ3n) is 4.56. The van der Waals surface area contributed by atoms with Gasteiger partial charge in [0.1, 0.15) is 12.1 Å². The van der Waals surface area contributed by atoms with Crippen molar-refractivity contribution >= 4 is 47.2 Å². The number of aromatic nitrogens is 1. The largest absolute Gasteiger partial charge is 0.480 e. The Morgan fingerprint density at radius 3 is 2.40 bits per heavy atom. The van der Waals surface area contributed by atoms with Crippen molar-refractivity contribution in [2.24, 2.45) is 11.5 Å². The standard InChI is InChI=1S/C19H25N5O5S/c20-12(9-30)17(26)23-14(5-6-16(21)25)18(27)24-15(19(28)29)7-10-8-22-13-4-2-1-3-11(10)13/h1-4,8,12,14-15,22,30H,5-7,9,20H2,(H2,21,25)(H,23,26)(H,24,27)(H,28,29). The van der Waals surface area contributed by atoms with Gasteiger partial charge in [0, 0.05) is 35.7 Å². The highest BCUT2D eigenvalue weighted by molar-refractivity contribution is 7.80. The van der Waals surface area contributed by atoms with Gasteiger partial charge in [0.2, 0.25) is 17.7 Å². The molecule has 0 radical (unpaired) electrons. The number of hydrogen-bond acceptors (Lipinski definition) is 6. The lowest BCUT2D eigenvalue weighted by molar-refractivity contribution is -0.142. The molecule has 1 aromatic heterocycles. The van der Waals surface area contributed by atoms with E-state index in [4.69, 9.17) is 11.5 Å². The molecule has 0 saturated heterocycles. The highest BCUT2D eigenvalue weighted by Gasteiger charge is 2.28. The molecule has 1 heterocycles. The first-order valence-electron chi connectivity index (χ1n) is 9.26. The Morgan fingerprint density at radius 1 is 1.10 bits per heavy atom. The summed E-state index contributed by atoms with van der Waals surface area (Å²) in [6.45, 7) is 0. The lowest BCUT2D eigenvalue weighted by Gasteiger charge is -2.22. The highest BCUT2D eigenvalue weighted by Crippen LogP contribution is 2.19. The molecule has 8 N–H and O–H groups in total. The van der Waals surface area contributed by atoms with E-state index in [2.05, 4.69) is 28.2 Å². The van der Waals surface area contributed by atoms with Crippen molar-refractivity contribution in [1.82, 2.24) is 15.6 Å². The number of H-pyrrole nitrogens is 1. The van der Waals surface area contributed by atoms with Gasteiger partial charge in [-0.05, 0) is 18.1 Å². The van der Waals surface area contributed by atoms with E-state index in [1.807, 2.05) is 24.3 Å². The SMILES string of the molecule is NC(=O)CCC(NC(=O)C(N)CS)C(=O)NC(Cc1c[nH]c2ccccc12)C(=O)O. The molecular weight excluding hydrogens is 410 g/mol. The molecule has 0 saturated carbocycles. The fraction of sp³-hybridized carbons (Fsp3) is 0.368. The number of nitrogens with one attached hydrogen (secondary N) is 3. The first-order valence-corrected chi connectivity index (χ1v) is 9.89. The monoisotopic (exact) mass is 435 g/mol. The van der Waals surface area contributed by atoms with Crippen molar-refractivity contribution in [3.63, 3.8) is 0 Å². The number of carboxylic acids is 1. The summed E-state index contributed by atoms with van der Waals surface area (Å²) < 4.78 is 0. The van der Waals surface area contributed by atoms with Crippen molar-refractivity contribution < 1.29 is 24.3 Å². The number of rotatable bonds is 11. The predicted octanol–water partition coefficient (Wildman–Crippen LogP) is -0.713. The maximum Gasteiger partial charge on any atom is 0.326 e. The molecule has 1 aromatic carbocycles. The van der Waals surface area contributed by atoms with Gasteiger partial charge < -0.3 is 32.2 Å². The summed E-state index contributed by atoms with van der Waals surface area (Å²) >= 11 is 3.93. The van der Waals surface area contributed by atoms with Crippen molar-refractivity contribution in [2.45, 2.75) is 37.4 Å². The fourth-order valence-electron chi connectivity index (χ4n) is 2.91. The lowest BCUT2D eigenvalue weighted by atomic mass is 10.0. The summed E-state index contributed by atoms with van der Waals surface area (Å²) in [6.07, 6.45) is 1.45. The zero-order valence-corrected chi connectivity index (χ0v) is 17.0. The normalized spacial score (nSPS) is 13.9. The molecule has 3 amide bonds. The first kappa shape index (κ1) is 23.2. The summed E-state index contributed by atoms with van der Waals surface area (Å²) in [5.41, 5.74) is 12.3. The van der Waals surface area contributed by atoms with Crippen molar-refractivity contribution in [3.05, 3.63) is 36.0 Å². The van der Waals surface area contributed by atoms with Crippen LogP contribution in [0.3, 0.4) is 0 Å². The van der Waals surface area contributed by atoms with Gasteiger partial charge in [-0.15, -0.1) is 0 Å². The van der Waals surface area contributed by atoms with Crippen LogP contribution >= 0.6 is 12.6 Å². The Labute approximate surface area is 178 Å². The third kappa shape index (κ3) is 6.22. The molecule has 3 atom stereocenters. The smallest absolute Gasteiger partial charge is 0.326 e. The molecule has 2 aromatic rings. The molecule has 3 unspecified atom stereocenters. The number of carboxylic acid groups (broad SMARTS) is 1. The van der Waals surface area contributed by atoms with Crippen molar-refractivity contribution in [2.75, 3.05) is 5.75 Å². The minimum atomic E-state index is -1.25. The van der Waals surface area contributed by atoms with Crippen LogP contribution in [0, 0.1) is 0 Å². The van der Waals surface area contributed by atoms with Crippen LogP contribution in [0.2, 0.25) is 0 Å². The predicted molar refractivity (Wildman–Crippen MR) is 114 cm³/mol. The number of benzene rings is 1. The number of carbonyl (C=O) groups excluding carboxylic acids is 3. The Kier molecular flexibility index (Phi) is 8.25. The van der Waals surface area contributed by atoms with Crippen LogP contribution < -0.4 is 22.1 Å². The summed E-state index contributed by atoms with van der Waals surface area (Å²) in [5, 5.41) is 15.3. The third-order valence-corrected chi connectivity index (χ3v) is 4.95. The number of hydrogen-bond donors (Lipinski definition) is 7. The van der Waals surface area contributed by atoms with Gasteiger partial charge in [0.15, 0.2) is 0 Å². The molecule has 0 spiro atoms. The van der Waals surface area contributed by atoms with E-state index in [0.717, 1.165) is 10.9 Å². The molecule has 2 rings (SSSR count). The van der Waals surface area contributed by atoms with E-state index in [1.54, 1.807) is 6.20 Å². The molecule has 10 nitrogen and oxygen atoms in total. The lowest BCUT2D eigenvalue weighted by Crippen LogP contribution is -2.55. The maximum absolute atomic E-state index is 12.7. The van der Waals surface area contributed by atoms with Crippen LogP contribution in [0.4, 0.5) is 0 Å². The zero-order chi connectivity index (χ0) is 22.3. The maximum atomic E-state index is 12.7. The highest BCUT2D eigenvalue weighted by atomic mass is 32.1. The molecule has 0 aliphatic rings. The van der Waals surface area contributed by atoms with Crippen LogP contribution in [0.25, 0.3) is 10.9 Å². The average Bonchev–Trinajstić information content (AvgIpc) is 3.12. The van der Waals surface area contributed by atoms with Gasteiger partial charge in [-0.2, -0.15) is 12.6 Å². The summed E-state index contributed by atoms with van der Waals surface area (Å²) in [6, 6.07) is 4.00. The van der Waals surface area contributed by atoms with Gasteiger partial charge in [-0.25, -0.2) is 4.79 Å². The number of thiol groups is 1. The van der Waals surface area contributed by atoms with Crippen LogP contribution in [-0.4, -0.2) is 57.7 Å². The average molecular weight is 436 g/mol. The Balaban J connectivity index is 2.14. The van der Waals surface area contributed by atoms with E-state index in [1.165, 1.54) is 0 Å². The van der Waals surface area contributed by atoms with Crippen LogP contribution in [-0.2, 0) is 25.6 Å². The summed E-state index contributed by atoms with van der Waals surface area (Å²) in [4.78, 5) is 50.7. The molecule has 0 bridgehead atoms. The zero-order valence-electron chi connectivity index (χ0n) is 16.1. The molecule has 0 aliphatic carbocycles. The molecule has 162 valence electrons. The second-order valence-corrected chi connectivity index (χ2v) is 7.18. The molecule has 11 heteroatoms. The quantitative estimate of drug-likeness (QED) is 0.229. The number of aliphatic carboxylic acids is 1. The second kappa shape index (κ2) is 10.6. The minimum Gasteiger partial charge on any atom is -0.480 e. The Bertz CT molecular complexity index is 931. The molecular formula is C19H25N5O5S. The summed E-state index contributed by atoms with van der Waals surface area (Å²) in [5.74, 6) is -3.23. The molecule has 0 aliphatic heterocycles. The van der Waals surface area contributed by atoms with Crippen LogP contribution in [0.5, 0.6) is 0 Å². The first-order chi connectivity index (χ1) is 14.2. The van der Waals surface area contributed by atoms with Crippen molar-refractivity contribution in [1.29, 1.82) is 0 Å². The number of carbonyl (C=O) groups is 4. The van der Waals surface area contributed by atoms with Gasteiger partial charge in [-0.3, -0.25) is 14.4 Å². The molecule has 30 heavy (non-hydrogen) atoms. The Hall–Kier alpha value is -3.05. The van der Waals surface area contributed by atoms with E-state index in [9.17, 15) is 24.3 Å². The van der Waals surface area contributed by atoms with Gasteiger partial charge in [-0.1, -0.05) is 18.2 Å². The number of para-hydroxylation sites is 1. The van der Waals surface area contributed by atoms with Gasteiger partial charge >= 0.3 is 5.97 Å². The van der Waals surface area contributed by atoms with E-state index in [0.29, 0.717) is 5.56 Å². The van der Waals surface area contributed by atoms with E-state index >= 15 is 0 Å². The number of nitrogens with two attached hydrogens (primary N) is 2. The van der Waals surface area contributed by atoms with Crippen molar-refractivity contribution in [3.8, 4) is 0 Å². The molecule has 0 fully saturated rings. The number of primary amides is 1. The number of aromatic amines is 1. The van der Waals surface area contributed by atoms with Gasteiger partial charge in [0.25, 0.3) is 0 Å². The number of fused-ring (bicyclic) bond motifs is 1. The fourth-order valence-corrected chi connectivity index (χ4v) is 3.08. The van der Waals surface area contributed by atoms with E-state index in [-0.39, 0.29) is 25.0 Å². The van der Waals surface area contributed by atoms with E-state index < -0.39 is 41.8 Å². The Morgan fingerprint density at radius 2 is 1.77 bits per heavy atom. The van der Waals surface area contributed by atoms with Crippen LogP contribution in [0.15, 0.2) is 30.5 Å².